The summed E-state index contributed by atoms with van der Waals surface area (Å²) in [6, 6.07) is 1.50. The maximum absolute atomic E-state index is 12.6. The van der Waals surface area contributed by atoms with Crippen molar-refractivity contribution in [2.45, 2.75) is 31.0 Å². The number of thioether (sulfide) groups is 1. The monoisotopic (exact) mass is 470 g/mol. The SMILES string of the molecule is COC(=O)c1sc2nc(C)nc(S[C@@H](C)C(=O)Nc3ncc(Cl)cc3Cl)c2c1C. The zero-order valence-corrected chi connectivity index (χ0v) is 19.0. The van der Waals surface area contributed by atoms with Crippen molar-refractivity contribution in [3.63, 3.8) is 0 Å². The molecule has 0 saturated heterocycles. The molecule has 0 aliphatic carbocycles. The number of aromatic nitrogens is 3. The predicted molar refractivity (Wildman–Crippen MR) is 116 cm³/mol. The molecule has 0 aliphatic rings. The number of amides is 1. The van der Waals surface area contributed by atoms with E-state index in [1.807, 2.05) is 6.92 Å². The Labute approximate surface area is 185 Å². The number of carbonyl (C=O) groups excluding carboxylic acids is 2. The standard InChI is InChI=1S/C18H16Cl2N4O3S2/c1-7-12-16(22-9(3)23-17(12)29-13(7)18(26)27-4)28-8(2)15(25)24-14-11(20)5-10(19)6-21-14/h5-6,8H,1-4H3,(H,21,24,25)/t8-/m0/s1. The van der Waals surface area contributed by atoms with Crippen LogP contribution in [0.2, 0.25) is 10.0 Å². The summed E-state index contributed by atoms with van der Waals surface area (Å²) in [5.74, 6) is 0.0653. The van der Waals surface area contributed by atoms with Gasteiger partial charge in [-0.2, -0.15) is 0 Å². The van der Waals surface area contributed by atoms with E-state index in [0.29, 0.717) is 25.6 Å². The normalized spacial score (nSPS) is 12.1. The molecule has 0 spiro atoms. The molecule has 1 N–H and O–H groups in total. The second kappa shape index (κ2) is 8.83. The highest BCUT2D eigenvalue weighted by atomic mass is 35.5. The van der Waals surface area contributed by atoms with Gasteiger partial charge in [0, 0.05) is 11.6 Å². The average Bonchev–Trinajstić information content (AvgIpc) is 2.99. The van der Waals surface area contributed by atoms with Crippen LogP contribution in [0.5, 0.6) is 0 Å². The zero-order chi connectivity index (χ0) is 21.3. The summed E-state index contributed by atoms with van der Waals surface area (Å²) in [5, 5.41) is 4.17. The summed E-state index contributed by atoms with van der Waals surface area (Å²) in [5.41, 5.74) is 0.731. The Morgan fingerprint density at radius 2 is 2.00 bits per heavy atom. The van der Waals surface area contributed by atoms with E-state index in [4.69, 9.17) is 27.9 Å². The Morgan fingerprint density at radius 1 is 1.28 bits per heavy atom. The van der Waals surface area contributed by atoms with E-state index < -0.39 is 11.2 Å². The number of anilines is 1. The first-order chi connectivity index (χ1) is 13.7. The van der Waals surface area contributed by atoms with Crippen LogP contribution in [0.4, 0.5) is 5.82 Å². The average molecular weight is 471 g/mol. The van der Waals surface area contributed by atoms with Gasteiger partial charge in [0.05, 0.1) is 22.4 Å². The molecule has 7 nitrogen and oxygen atoms in total. The van der Waals surface area contributed by atoms with E-state index >= 15 is 0 Å². The third-order valence-electron chi connectivity index (χ3n) is 3.95. The number of ether oxygens (including phenoxy) is 1. The molecule has 1 amide bonds. The van der Waals surface area contributed by atoms with Gasteiger partial charge in [-0.3, -0.25) is 4.79 Å². The number of nitrogens with zero attached hydrogens (tertiary/aromatic N) is 3. The second-order valence-electron chi connectivity index (χ2n) is 6.04. The minimum atomic E-state index is -0.512. The van der Waals surface area contributed by atoms with Crippen LogP contribution >= 0.6 is 46.3 Å². The van der Waals surface area contributed by atoms with Gasteiger partial charge < -0.3 is 10.1 Å². The lowest BCUT2D eigenvalue weighted by molar-refractivity contribution is -0.115. The Bertz CT molecular complexity index is 1120. The van der Waals surface area contributed by atoms with Gasteiger partial charge in [-0.05, 0) is 32.4 Å². The molecule has 3 heterocycles. The molecule has 29 heavy (non-hydrogen) atoms. The molecule has 1 atom stereocenters. The summed E-state index contributed by atoms with van der Waals surface area (Å²) < 4.78 is 4.85. The topological polar surface area (TPSA) is 94.1 Å². The lowest BCUT2D eigenvalue weighted by atomic mass is 10.2. The van der Waals surface area contributed by atoms with Crippen LogP contribution in [-0.2, 0) is 9.53 Å². The summed E-state index contributed by atoms with van der Waals surface area (Å²) >= 11 is 14.4. The molecule has 3 aromatic heterocycles. The quantitative estimate of drug-likeness (QED) is 0.321. The van der Waals surface area contributed by atoms with Gasteiger partial charge in [0.15, 0.2) is 5.82 Å². The van der Waals surface area contributed by atoms with Crippen LogP contribution in [0.3, 0.4) is 0 Å². The fourth-order valence-electron chi connectivity index (χ4n) is 2.52. The van der Waals surface area contributed by atoms with Gasteiger partial charge in [0.2, 0.25) is 5.91 Å². The highest BCUT2D eigenvalue weighted by molar-refractivity contribution is 8.00. The minimum Gasteiger partial charge on any atom is -0.465 e. The maximum atomic E-state index is 12.6. The summed E-state index contributed by atoms with van der Waals surface area (Å²) in [6.07, 6.45) is 1.40. The van der Waals surface area contributed by atoms with Gasteiger partial charge in [-0.25, -0.2) is 19.7 Å². The van der Waals surface area contributed by atoms with Gasteiger partial charge in [0.1, 0.15) is 20.6 Å². The van der Waals surface area contributed by atoms with Crippen molar-refractivity contribution >= 4 is 74.2 Å². The number of pyridine rings is 1. The zero-order valence-electron chi connectivity index (χ0n) is 15.9. The number of hydrogen-bond donors (Lipinski definition) is 1. The van der Waals surface area contributed by atoms with Crippen LogP contribution in [0, 0.1) is 13.8 Å². The Morgan fingerprint density at radius 3 is 2.66 bits per heavy atom. The first kappa shape index (κ1) is 21.8. The highest BCUT2D eigenvalue weighted by Gasteiger charge is 2.24. The van der Waals surface area contributed by atoms with Crippen LogP contribution in [0.15, 0.2) is 17.3 Å². The Balaban J connectivity index is 1.89. The molecular weight excluding hydrogens is 455 g/mol. The van der Waals surface area contributed by atoms with Crippen LogP contribution < -0.4 is 5.32 Å². The van der Waals surface area contributed by atoms with Crippen LogP contribution in [0.1, 0.15) is 28.0 Å². The van der Waals surface area contributed by atoms with E-state index in [-0.39, 0.29) is 16.7 Å². The third-order valence-corrected chi connectivity index (χ3v) is 6.69. The fraction of sp³-hybridized carbons (Fsp3) is 0.278. The number of thiophene rings is 1. The van der Waals surface area contributed by atoms with E-state index in [2.05, 4.69) is 20.3 Å². The number of aryl methyl sites for hydroxylation is 2. The number of esters is 1. The number of rotatable bonds is 5. The van der Waals surface area contributed by atoms with E-state index in [0.717, 1.165) is 10.9 Å². The van der Waals surface area contributed by atoms with Gasteiger partial charge in [-0.15, -0.1) is 11.3 Å². The van der Waals surface area contributed by atoms with Crippen molar-refractivity contribution in [1.29, 1.82) is 0 Å². The molecule has 0 radical (unpaired) electrons. The van der Waals surface area contributed by atoms with Gasteiger partial charge >= 0.3 is 5.97 Å². The van der Waals surface area contributed by atoms with Crippen molar-refractivity contribution in [2.24, 2.45) is 0 Å². The molecular formula is C18H16Cl2N4O3S2. The van der Waals surface area contributed by atoms with Crippen LogP contribution in [0.25, 0.3) is 10.2 Å². The van der Waals surface area contributed by atoms with Crippen molar-refractivity contribution in [2.75, 3.05) is 12.4 Å². The molecule has 0 unspecified atom stereocenters. The molecule has 11 heteroatoms. The second-order valence-corrected chi connectivity index (χ2v) is 9.21. The largest absolute Gasteiger partial charge is 0.465 e. The smallest absolute Gasteiger partial charge is 0.348 e. The first-order valence-electron chi connectivity index (χ1n) is 8.35. The molecule has 0 saturated carbocycles. The van der Waals surface area contributed by atoms with Crippen molar-refractivity contribution in [3.8, 4) is 0 Å². The molecule has 0 bridgehead atoms. The molecule has 152 valence electrons. The van der Waals surface area contributed by atoms with Crippen molar-refractivity contribution in [3.05, 3.63) is 38.6 Å². The van der Waals surface area contributed by atoms with Crippen molar-refractivity contribution in [1.82, 2.24) is 15.0 Å². The lowest BCUT2D eigenvalue weighted by Crippen LogP contribution is -2.23. The third kappa shape index (κ3) is 4.63. The summed E-state index contributed by atoms with van der Waals surface area (Å²) in [4.78, 5) is 38.8. The fourth-order valence-corrected chi connectivity index (χ4v) is 5.21. The van der Waals surface area contributed by atoms with Gasteiger partial charge in [0.25, 0.3) is 0 Å². The van der Waals surface area contributed by atoms with E-state index in [1.54, 1.807) is 13.8 Å². The number of methoxy groups -OCH3 is 1. The molecule has 3 rings (SSSR count). The molecule has 0 aromatic carbocycles. The summed E-state index contributed by atoms with van der Waals surface area (Å²) in [6.45, 7) is 5.32. The Hall–Kier alpha value is -1.94. The number of carbonyl (C=O) groups is 2. The minimum absolute atomic E-state index is 0.234. The first-order valence-corrected chi connectivity index (χ1v) is 10.8. The number of nitrogens with one attached hydrogen (secondary N) is 1. The molecule has 0 aliphatic heterocycles. The number of halogens is 2. The summed E-state index contributed by atoms with van der Waals surface area (Å²) in [7, 11) is 1.33. The highest BCUT2D eigenvalue weighted by Crippen LogP contribution is 2.37. The maximum Gasteiger partial charge on any atom is 0.348 e. The lowest BCUT2D eigenvalue weighted by Gasteiger charge is -2.13. The Kier molecular flexibility index (Phi) is 6.62. The predicted octanol–water partition coefficient (Wildman–Crippen LogP) is 4.92. The van der Waals surface area contributed by atoms with E-state index in [9.17, 15) is 9.59 Å². The molecule has 0 fully saturated rings. The van der Waals surface area contributed by atoms with Crippen LogP contribution in [-0.4, -0.2) is 39.2 Å². The number of fused-ring (bicyclic) bond motifs is 1. The van der Waals surface area contributed by atoms with Crippen molar-refractivity contribution < 1.29 is 14.3 Å². The van der Waals surface area contributed by atoms with E-state index in [1.165, 1.54) is 42.5 Å². The van der Waals surface area contributed by atoms with Gasteiger partial charge in [-0.1, -0.05) is 35.0 Å². The number of hydrogen-bond acceptors (Lipinski definition) is 8. The molecule has 3 aromatic rings.